The normalized spacial score (nSPS) is 39.9. The second-order valence-electron chi connectivity index (χ2n) is 11.9. The van der Waals surface area contributed by atoms with Crippen LogP contribution in [0.2, 0.25) is 0 Å². The summed E-state index contributed by atoms with van der Waals surface area (Å²) in [6.07, 6.45) is 18.1. The van der Waals surface area contributed by atoms with Gasteiger partial charge >= 0.3 is 0 Å². The number of aliphatic hydroxyl groups excluding tert-OH is 1. The van der Waals surface area contributed by atoms with Crippen LogP contribution in [0.25, 0.3) is 0 Å². The maximum absolute atomic E-state index is 10.3. The number of fused-ring (bicyclic) bond motifs is 1. The summed E-state index contributed by atoms with van der Waals surface area (Å²) >= 11 is 0. The fraction of sp³-hybridized carbons (Fsp3) is 0.862. The first-order valence-electron chi connectivity index (χ1n) is 13.4. The van der Waals surface area contributed by atoms with Gasteiger partial charge in [-0.3, -0.25) is 0 Å². The van der Waals surface area contributed by atoms with Crippen molar-refractivity contribution in [1.29, 1.82) is 0 Å². The van der Waals surface area contributed by atoms with Gasteiger partial charge in [0.15, 0.2) is 0 Å². The second-order valence-corrected chi connectivity index (χ2v) is 11.9. The molecule has 3 rings (SSSR count). The molecule has 0 aromatic heterocycles. The smallest absolute Gasteiger partial charge is 0.0868 e. The summed E-state index contributed by atoms with van der Waals surface area (Å²) in [7, 11) is 0. The summed E-state index contributed by atoms with van der Waals surface area (Å²) in [5, 5.41) is 10.3. The van der Waals surface area contributed by atoms with E-state index in [0.717, 1.165) is 49.5 Å². The van der Waals surface area contributed by atoms with Gasteiger partial charge in [0.2, 0.25) is 0 Å². The molecule has 3 aliphatic carbocycles. The lowest BCUT2D eigenvalue weighted by Gasteiger charge is -2.44. The number of aliphatic hydroxyl groups is 1. The number of rotatable bonds is 8. The highest BCUT2D eigenvalue weighted by Crippen LogP contribution is 2.60. The van der Waals surface area contributed by atoms with Crippen molar-refractivity contribution in [3.05, 3.63) is 23.3 Å². The molecule has 1 N–H and O–H groups in total. The van der Waals surface area contributed by atoms with Crippen molar-refractivity contribution >= 4 is 0 Å². The van der Waals surface area contributed by atoms with Gasteiger partial charge in [0.1, 0.15) is 0 Å². The first-order chi connectivity index (χ1) is 14.7. The largest absolute Gasteiger partial charge is 0.393 e. The summed E-state index contributed by atoms with van der Waals surface area (Å²) in [6, 6.07) is 0. The van der Waals surface area contributed by atoms with E-state index in [2.05, 4.69) is 53.7 Å². The van der Waals surface area contributed by atoms with Crippen molar-refractivity contribution in [3.63, 3.8) is 0 Å². The third-order valence-corrected chi connectivity index (χ3v) is 9.22. The lowest BCUT2D eigenvalue weighted by molar-refractivity contribution is -0.0331. The zero-order valence-corrected chi connectivity index (χ0v) is 21.4. The van der Waals surface area contributed by atoms with Gasteiger partial charge in [-0.1, -0.05) is 64.7 Å². The molecule has 0 spiro atoms. The lowest BCUT2D eigenvalue weighted by atomic mass is 9.60. The zero-order chi connectivity index (χ0) is 22.6. The minimum Gasteiger partial charge on any atom is -0.393 e. The Kier molecular flexibility index (Phi) is 8.52. The minimum atomic E-state index is -0.211. The quantitative estimate of drug-likeness (QED) is 0.424. The molecule has 31 heavy (non-hydrogen) atoms. The summed E-state index contributed by atoms with van der Waals surface area (Å²) in [4.78, 5) is 0. The Labute approximate surface area is 192 Å². The highest BCUT2D eigenvalue weighted by Gasteiger charge is 2.50. The van der Waals surface area contributed by atoms with E-state index in [1.54, 1.807) is 5.57 Å². The van der Waals surface area contributed by atoms with Crippen LogP contribution in [0, 0.1) is 29.1 Å². The molecule has 3 aliphatic rings. The fourth-order valence-electron chi connectivity index (χ4n) is 7.37. The van der Waals surface area contributed by atoms with Crippen molar-refractivity contribution < 1.29 is 9.84 Å². The molecule has 0 saturated heterocycles. The monoisotopic (exact) mass is 430 g/mol. The van der Waals surface area contributed by atoms with E-state index < -0.39 is 0 Å². The maximum atomic E-state index is 10.3. The molecule has 0 unspecified atom stereocenters. The number of allylic oxidation sites excluding steroid dienone is 3. The van der Waals surface area contributed by atoms with Gasteiger partial charge in [-0.25, -0.2) is 0 Å². The Morgan fingerprint density at radius 2 is 1.84 bits per heavy atom. The third kappa shape index (κ3) is 5.67. The van der Waals surface area contributed by atoms with Crippen LogP contribution in [0.4, 0.5) is 0 Å². The van der Waals surface area contributed by atoms with E-state index in [1.165, 1.54) is 56.9 Å². The second kappa shape index (κ2) is 10.6. The summed E-state index contributed by atoms with van der Waals surface area (Å²) in [5.74, 6) is 3.31. The van der Waals surface area contributed by atoms with Gasteiger partial charge in [-0.15, -0.1) is 0 Å². The van der Waals surface area contributed by atoms with Crippen molar-refractivity contribution in [3.8, 4) is 0 Å². The zero-order valence-electron chi connectivity index (χ0n) is 21.4. The highest BCUT2D eigenvalue weighted by atomic mass is 16.5. The van der Waals surface area contributed by atoms with Crippen LogP contribution in [0.15, 0.2) is 23.3 Å². The van der Waals surface area contributed by atoms with E-state index in [-0.39, 0.29) is 11.7 Å². The Hall–Kier alpha value is -0.600. The molecule has 0 heterocycles. The van der Waals surface area contributed by atoms with Gasteiger partial charge in [0.25, 0.3) is 0 Å². The number of hydrogen-bond acceptors (Lipinski definition) is 2. The van der Waals surface area contributed by atoms with Crippen molar-refractivity contribution in [2.45, 2.75) is 124 Å². The van der Waals surface area contributed by atoms with Gasteiger partial charge in [-0.05, 0) is 99.9 Å². The van der Waals surface area contributed by atoms with Gasteiger partial charge in [-0.2, -0.15) is 0 Å². The van der Waals surface area contributed by atoms with Crippen LogP contribution in [0.5, 0.6) is 0 Å². The number of hydrogen-bond donors (Lipinski definition) is 1. The SMILES string of the molecule is CCO[C@]1(C)CC[C@H](O)C/C1=C/C=C1\CCC[C@]2(C)[C@@H]([C@H](C)CCCC(C)C)CC[C@@H]12. The average Bonchev–Trinajstić information content (AvgIpc) is 3.06. The molecular weight excluding hydrogens is 380 g/mol. The van der Waals surface area contributed by atoms with Gasteiger partial charge in [0.05, 0.1) is 11.7 Å². The molecule has 0 amide bonds. The van der Waals surface area contributed by atoms with E-state index in [0.29, 0.717) is 5.41 Å². The van der Waals surface area contributed by atoms with E-state index >= 15 is 0 Å². The van der Waals surface area contributed by atoms with E-state index in [9.17, 15) is 5.11 Å². The molecule has 0 aromatic carbocycles. The summed E-state index contributed by atoms with van der Waals surface area (Å²) in [6.45, 7) is 14.9. The van der Waals surface area contributed by atoms with Crippen LogP contribution in [-0.4, -0.2) is 23.4 Å². The third-order valence-electron chi connectivity index (χ3n) is 9.22. The van der Waals surface area contributed by atoms with Gasteiger partial charge in [0, 0.05) is 6.61 Å². The fourth-order valence-corrected chi connectivity index (χ4v) is 7.37. The lowest BCUT2D eigenvalue weighted by Crippen LogP contribution is -2.38. The van der Waals surface area contributed by atoms with Crippen LogP contribution in [0.3, 0.4) is 0 Å². The molecule has 178 valence electrons. The summed E-state index contributed by atoms with van der Waals surface area (Å²) < 4.78 is 6.17. The molecule has 0 radical (unpaired) electrons. The molecule has 2 nitrogen and oxygen atoms in total. The predicted octanol–water partition coefficient (Wildman–Crippen LogP) is 7.86. The first kappa shape index (κ1) is 25.0. The Morgan fingerprint density at radius 3 is 2.55 bits per heavy atom. The van der Waals surface area contributed by atoms with Crippen molar-refractivity contribution in [1.82, 2.24) is 0 Å². The topological polar surface area (TPSA) is 29.5 Å². The highest BCUT2D eigenvalue weighted by molar-refractivity contribution is 5.30. The van der Waals surface area contributed by atoms with Crippen LogP contribution < -0.4 is 0 Å². The average molecular weight is 431 g/mol. The van der Waals surface area contributed by atoms with Crippen LogP contribution in [0.1, 0.15) is 112 Å². The molecule has 0 aliphatic heterocycles. The predicted molar refractivity (Wildman–Crippen MR) is 132 cm³/mol. The molecule has 3 saturated carbocycles. The molecule has 6 atom stereocenters. The Balaban J connectivity index is 1.75. The van der Waals surface area contributed by atoms with Crippen molar-refractivity contribution in [2.75, 3.05) is 6.61 Å². The molecular formula is C29H50O2. The minimum absolute atomic E-state index is 0.202. The van der Waals surface area contributed by atoms with Crippen molar-refractivity contribution in [2.24, 2.45) is 29.1 Å². The first-order valence-corrected chi connectivity index (χ1v) is 13.4. The summed E-state index contributed by atoms with van der Waals surface area (Å²) in [5.41, 5.74) is 3.25. The van der Waals surface area contributed by atoms with Crippen LogP contribution in [-0.2, 0) is 4.74 Å². The van der Waals surface area contributed by atoms with Gasteiger partial charge < -0.3 is 9.84 Å². The maximum Gasteiger partial charge on any atom is 0.0868 e. The molecule has 0 bridgehead atoms. The van der Waals surface area contributed by atoms with E-state index in [1.807, 2.05) is 0 Å². The molecule has 0 aromatic rings. The van der Waals surface area contributed by atoms with Crippen LogP contribution >= 0.6 is 0 Å². The Morgan fingerprint density at radius 1 is 1.06 bits per heavy atom. The molecule has 3 fully saturated rings. The standard InChI is InChI=1S/C29H50O2/c1-7-31-29(6)19-17-25(30)20-24(29)14-13-23-12-9-18-28(5)26(15-16-27(23)28)22(4)11-8-10-21(2)3/h13-14,21-22,25-27,30H,7-12,15-20H2,1-6H3/b23-13+,24-14-/t22-,25+,26-,27+,28-,29-/m1/s1. The number of ether oxygens (including phenoxy) is 1. The van der Waals surface area contributed by atoms with E-state index in [4.69, 9.17) is 4.74 Å². The Bertz CT molecular complexity index is 647. The molecule has 2 heteroatoms.